The number of benzene rings is 1. The quantitative estimate of drug-likeness (QED) is 0.846. The van der Waals surface area contributed by atoms with E-state index in [4.69, 9.17) is 14.2 Å². The maximum absolute atomic E-state index is 10.6. The Bertz CT molecular complexity index is 468. The molecule has 0 aromatic heterocycles. The SMILES string of the molecule is C[C@@H]1[C@@H](O)[C@@]2(CCCCCO2)O[C@@H]1CCOCc1ccccc1. The van der Waals surface area contributed by atoms with Crippen LogP contribution in [-0.2, 0) is 20.8 Å². The van der Waals surface area contributed by atoms with Gasteiger partial charge in [-0.05, 0) is 24.8 Å². The molecule has 0 aliphatic carbocycles. The van der Waals surface area contributed by atoms with Gasteiger partial charge in [-0.25, -0.2) is 0 Å². The van der Waals surface area contributed by atoms with Crippen LogP contribution in [0.3, 0.4) is 0 Å². The molecule has 1 N–H and O–H groups in total. The highest BCUT2D eigenvalue weighted by molar-refractivity contribution is 5.13. The molecule has 0 bridgehead atoms. The number of aliphatic hydroxyl groups excluding tert-OH is 1. The zero-order valence-electron chi connectivity index (χ0n) is 13.9. The minimum absolute atomic E-state index is 0.00104. The lowest BCUT2D eigenvalue weighted by molar-refractivity contribution is -0.258. The number of aliphatic hydroxyl groups is 1. The van der Waals surface area contributed by atoms with E-state index in [0.29, 0.717) is 19.8 Å². The van der Waals surface area contributed by atoms with Crippen molar-refractivity contribution in [2.45, 2.75) is 63.6 Å². The monoisotopic (exact) mass is 320 g/mol. The highest BCUT2D eigenvalue weighted by atomic mass is 16.7. The largest absolute Gasteiger partial charge is 0.387 e. The van der Waals surface area contributed by atoms with Gasteiger partial charge >= 0.3 is 0 Å². The molecule has 2 saturated heterocycles. The predicted octanol–water partition coefficient (Wildman–Crippen LogP) is 3.28. The Balaban J connectivity index is 1.48. The van der Waals surface area contributed by atoms with Crippen LogP contribution in [0, 0.1) is 5.92 Å². The summed E-state index contributed by atoms with van der Waals surface area (Å²) in [5, 5.41) is 10.6. The maximum atomic E-state index is 10.6. The van der Waals surface area contributed by atoms with Gasteiger partial charge in [0.1, 0.15) is 6.10 Å². The van der Waals surface area contributed by atoms with Crippen molar-refractivity contribution >= 4 is 0 Å². The molecule has 2 aliphatic rings. The average molecular weight is 320 g/mol. The molecule has 2 aliphatic heterocycles. The van der Waals surface area contributed by atoms with Crippen LogP contribution >= 0.6 is 0 Å². The van der Waals surface area contributed by atoms with Crippen molar-refractivity contribution in [2.75, 3.05) is 13.2 Å². The first kappa shape index (κ1) is 16.9. The highest BCUT2D eigenvalue weighted by Crippen LogP contribution is 2.42. The fraction of sp³-hybridized carbons (Fsp3) is 0.684. The van der Waals surface area contributed by atoms with Crippen LogP contribution in [0.1, 0.15) is 44.6 Å². The summed E-state index contributed by atoms with van der Waals surface area (Å²) < 4.78 is 17.9. The van der Waals surface area contributed by atoms with Gasteiger partial charge in [-0.1, -0.05) is 43.7 Å². The van der Waals surface area contributed by atoms with E-state index in [1.54, 1.807) is 0 Å². The molecule has 3 rings (SSSR count). The first-order chi connectivity index (χ1) is 11.2. The molecule has 4 nitrogen and oxygen atoms in total. The Morgan fingerprint density at radius 2 is 2.04 bits per heavy atom. The van der Waals surface area contributed by atoms with E-state index in [1.807, 2.05) is 18.2 Å². The van der Waals surface area contributed by atoms with Gasteiger partial charge in [0.05, 0.1) is 19.3 Å². The molecule has 23 heavy (non-hydrogen) atoms. The summed E-state index contributed by atoms with van der Waals surface area (Å²) in [5.74, 6) is -0.701. The molecule has 2 heterocycles. The first-order valence-corrected chi connectivity index (χ1v) is 8.83. The minimum Gasteiger partial charge on any atom is -0.387 e. The zero-order chi connectivity index (χ0) is 16.1. The number of ether oxygens (including phenoxy) is 3. The molecule has 0 amide bonds. The molecule has 128 valence electrons. The third-order valence-corrected chi connectivity index (χ3v) is 5.06. The Labute approximate surface area is 138 Å². The molecule has 2 fully saturated rings. The molecule has 1 spiro atoms. The fourth-order valence-corrected chi connectivity index (χ4v) is 3.62. The molecule has 1 aromatic carbocycles. The third kappa shape index (κ3) is 3.94. The lowest BCUT2D eigenvalue weighted by Crippen LogP contribution is -2.43. The summed E-state index contributed by atoms with van der Waals surface area (Å²) in [6, 6.07) is 10.2. The molecule has 1 aromatic rings. The molecule has 0 saturated carbocycles. The molecule has 0 unspecified atom stereocenters. The topological polar surface area (TPSA) is 47.9 Å². The summed E-state index contributed by atoms with van der Waals surface area (Å²) in [7, 11) is 0. The van der Waals surface area contributed by atoms with E-state index in [1.165, 1.54) is 5.56 Å². The minimum atomic E-state index is -0.778. The Kier molecular flexibility index (Phi) is 5.70. The fourth-order valence-electron chi connectivity index (χ4n) is 3.62. The van der Waals surface area contributed by atoms with Crippen LogP contribution < -0.4 is 0 Å². The molecular weight excluding hydrogens is 292 g/mol. The summed E-state index contributed by atoms with van der Waals surface area (Å²) in [4.78, 5) is 0. The van der Waals surface area contributed by atoms with Crippen molar-refractivity contribution in [1.29, 1.82) is 0 Å². The van der Waals surface area contributed by atoms with Gasteiger partial charge in [0.2, 0.25) is 0 Å². The zero-order valence-corrected chi connectivity index (χ0v) is 13.9. The molecule has 4 heteroatoms. The van der Waals surface area contributed by atoms with E-state index in [2.05, 4.69) is 19.1 Å². The second kappa shape index (κ2) is 7.75. The molecule has 0 radical (unpaired) electrons. The van der Waals surface area contributed by atoms with Crippen LogP contribution in [0.15, 0.2) is 30.3 Å². The van der Waals surface area contributed by atoms with Gasteiger partial charge in [-0.15, -0.1) is 0 Å². The van der Waals surface area contributed by atoms with Crippen molar-refractivity contribution in [2.24, 2.45) is 5.92 Å². The molecule has 4 atom stereocenters. The van der Waals surface area contributed by atoms with Gasteiger partial charge in [-0.3, -0.25) is 0 Å². The van der Waals surface area contributed by atoms with Crippen molar-refractivity contribution in [1.82, 2.24) is 0 Å². The Hall–Kier alpha value is -0.940. The van der Waals surface area contributed by atoms with E-state index in [9.17, 15) is 5.11 Å². The van der Waals surface area contributed by atoms with Crippen molar-refractivity contribution in [3.05, 3.63) is 35.9 Å². The maximum Gasteiger partial charge on any atom is 0.195 e. The van der Waals surface area contributed by atoms with Crippen LogP contribution in [0.25, 0.3) is 0 Å². The summed E-state index contributed by atoms with van der Waals surface area (Å²) in [6.45, 7) is 3.98. The van der Waals surface area contributed by atoms with E-state index in [-0.39, 0.29) is 12.0 Å². The van der Waals surface area contributed by atoms with Gasteiger partial charge in [-0.2, -0.15) is 0 Å². The number of hydrogen-bond donors (Lipinski definition) is 1. The van der Waals surface area contributed by atoms with Gasteiger partial charge in [0, 0.05) is 18.9 Å². The normalized spacial score (nSPS) is 34.6. The Morgan fingerprint density at radius 3 is 2.87 bits per heavy atom. The van der Waals surface area contributed by atoms with Gasteiger partial charge < -0.3 is 19.3 Å². The van der Waals surface area contributed by atoms with Crippen molar-refractivity contribution in [3.63, 3.8) is 0 Å². The predicted molar refractivity (Wildman–Crippen MR) is 87.9 cm³/mol. The highest BCUT2D eigenvalue weighted by Gasteiger charge is 2.53. The standard InChI is InChI=1S/C19H28O4/c1-15-17(10-13-21-14-16-8-4-2-5-9-16)23-19(18(15)20)11-6-3-7-12-22-19/h2,4-5,8-9,15,17-18,20H,3,6-7,10-14H2,1H3/t15-,17+,18+,19+/m0/s1. The second-order valence-corrected chi connectivity index (χ2v) is 6.76. The van der Waals surface area contributed by atoms with Crippen LogP contribution in [0.4, 0.5) is 0 Å². The van der Waals surface area contributed by atoms with Crippen LogP contribution in [0.2, 0.25) is 0 Å². The first-order valence-electron chi connectivity index (χ1n) is 8.83. The molecular formula is C19H28O4. The van der Waals surface area contributed by atoms with E-state index < -0.39 is 11.9 Å². The van der Waals surface area contributed by atoms with Crippen molar-refractivity contribution < 1.29 is 19.3 Å². The van der Waals surface area contributed by atoms with Gasteiger partial charge in [0.25, 0.3) is 0 Å². The average Bonchev–Trinajstić information content (AvgIpc) is 2.76. The van der Waals surface area contributed by atoms with Gasteiger partial charge in [0.15, 0.2) is 5.79 Å². The van der Waals surface area contributed by atoms with Crippen LogP contribution in [-0.4, -0.2) is 36.3 Å². The lowest BCUT2D eigenvalue weighted by Gasteiger charge is -2.31. The Morgan fingerprint density at radius 1 is 1.22 bits per heavy atom. The second-order valence-electron chi connectivity index (χ2n) is 6.76. The summed E-state index contributed by atoms with van der Waals surface area (Å²) in [6.07, 6.45) is 4.30. The summed E-state index contributed by atoms with van der Waals surface area (Å²) in [5.41, 5.74) is 1.18. The van der Waals surface area contributed by atoms with E-state index >= 15 is 0 Å². The van der Waals surface area contributed by atoms with Crippen LogP contribution in [0.5, 0.6) is 0 Å². The summed E-state index contributed by atoms with van der Waals surface area (Å²) >= 11 is 0. The van der Waals surface area contributed by atoms with E-state index in [0.717, 1.165) is 32.1 Å². The number of hydrogen-bond acceptors (Lipinski definition) is 4. The smallest absolute Gasteiger partial charge is 0.195 e. The third-order valence-electron chi connectivity index (χ3n) is 5.06. The lowest BCUT2D eigenvalue weighted by atomic mass is 9.93. The van der Waals surface area contributed by atoms with Crippen molar-refractivity contribution in [3.8, 4) is 0 Å². The number of rotatable bonds is 5.